The number of halogens is 1. The van der Waals surface area contributed by atoms with Gasteiger partial charge in [0, 0.05) is 13.0 Å². The van der Waals surface area contributed by atoms with Crippen molar-refractivity contribution in [2.45, 2.75) is 18.6 Å². The number of methoxy groups -OCH3 is 1. The number of hydrogen-bond acceptors (Lipinski definition) is 6. The summed E-state index contributed by atoms with van der Waals surface area (Å²) >= 11 is 1.09. The molecule has 20 heavy (non-hydrogen) atoms. The predicted molar refractivity (Wildman–Crippen MR) is 71.2 cm³/mol. The molecule has 0 spiro atoms. The summed E-state index contributed by atoms with van der Waals surface area (Å²) < 4.78 is 39.5. The van der Waals surface area contributed by atoms with Crippen molar-refractivity contribution in [1.82, 2.24) is 0 Å². The Bertz CT molecular complexity index is 666. The van der Waals surface area contributed by atoms with Gasteiger partial charge in [0.05, 0.1) is 12.8 Å². The number of aryl methyl sites for hydroxylation is 1. The Morgan fingerprint density at radius 2 is 2.20 bits per heavy atom. The molecule has 2 heterocycles. The second-order valence-corrected chi connectivity index (χ2v) is 6.89. The number of hydrogen-bond donors (Lipinski definition) is 0. The van der Waals surface area contributed by atoms with Crippen LogP contribution in [0.15, 0.2) is 5.38 Å². The molecule has 1 aliphatic heterocycles. The number of esters is 1. The number of ether oxygens (including phenoxy) is 1. The maximum absolute atomic E-state index is 13.0. The van der Waals surface area contributed by atoms with Crippen LogP contribution in [-0.4, -0.2) is 39.2 Å². The molecule has 1 fully saturated rings. The van der Waals surface area contributed by atoms with E-state index in [1.807, 2.05) is 0 Å². The van der Waals surface area contributed by atoms with Gasteiger partial charge in [0.2, 0.25) is 5.91 Å². The van der Waals surface area contributed by atoms with Gasteiger partial charge < -0.3 is 9.64 Å². The summed E-state index contributed by atoms with van der Waals surface area (Å²) in [5.41, 5.74) is 0.943. The van der Waals surface area contributed by atoms with Gasteiger partial charge in [-0.25, -0.2) is 4.79 Å². The lowest BCUT2D eigenvalue weighted by Gasteiger charge is -2.17. The molecule has 0 bridgehead atoms. The van der Waals surface area contributed by atoms with Crippen molar-refractivity contribution in [3.63, 3.8) is 0 Å². The van der Waals surface area contributed by atoms with E-state index < -0.39 is 33.8 Å². The lowest BCUT2D eigenvalue weighted by atomic mass is 10.2. The van der Waals surface area contributed by atoms with Crippen LogP contribution in [0.3, 0.4) is 0 Å². The van der Waals surface area contributed by atoms with Crippen LogP contribution in [0, 0.1) is 6.92 Å². The van der Waals surface area contributed by atoms with Gasteiger partial charge in [-0.1, -0.05) is 0 Å². The van der Waals surface area contributed by atoms with E-state index in [0.717, 1.165) is 16.2 Å². The lowest BCUT2D eigenvalue weighted by Crippen LogP contribution is -2.28. The summed E-state index contributed by atoms with van der Waals surface area (Å²) in [7, 11) is -3.58. The van der Waals surface area contributed by atoms with Crippen LogP contribution < -0.4 is 4.90 Å². The lowest BCUT2D eigenvalue weighted by molar-refractivity contribution is -0.117. The van der Waals surface area contributed by atoms with Crippen LogP contribution in [0.2, 0.25) is 0 Å². The summed E-state index contributed by atoms with van der Waals surface area (Å²) in [6.45, 7) is 1.39. The highest BCUT2D eigenvalue weighted by Crippen LogP contribution is 2.35. The van der Waals surface area contributed by atoms with Crippen molar-refractivity contribution >= 4 is 39.1 Å². The van der Waals surface area contributed by atoms with E-state index in [1.165, 1.54) is 7.11 Å². The van der Waals surface area contributed by atoms with Crippen molar-refractivity contribution in [2.75, 3.05) is 18.6 Å². The predicted octanol–water partition coefficient (Wildman–Crippen LogP) is 1.25. The van der Waals surface area contributed by atoms with E-state index >= 15 is 0 Å². The van der Waals surface area contributed by atoms with E-state index in [2.05, 4.69) is 4.74 Å². The maximum Gasteiger partial charge on any atom is 0.350 e. The van der Waals surface area contributed by atoms with Crippen molar-refractivity contribution in [3.05, 3.63) is 15.8 Å². The Labute approximate surface area is 119 Å². The molecule has 1 aliphatic rings. The number of anilines is 1. The van der Waals surface area contributed by atoms with E-state index in [-0.39, 0.29) is 11.4 Å². The first-order valence-corrected chi connectivity index (χ1v) is 7.98. The van der Waals surface area contributed by atoms with E-state index in [0.29, 0.717) is 11.3 Å². The summed E-state index contributed by atoms with van der Waals surface area (Å²) in [5.74, 6) is -1.14. The molecule has 1 unspecified atom stereocenters. The number of nitrogens with zero attached hydrogens (tertiary/aromatic N) is 1. The van der Waals surface area contributed by atoms with Crippen LogP contribution in [0.5, 0.6) is 0 Å². The molecular formula is C11H12FNO5S2. The molecule has 0 aliphatic carbocycles. The molecule has 2 rings (SSSR count). The summed E-state index contributed by atoms with van der Waals surface area (Å²) in [6.07, 6.45) is -0.422. The Morgan fingerprint density at radius 3 is 2.70 bits per heavy atom. The number of carbonyl (C=O) groups is 2. The topological polar surface area (TPSA) is 80.8 Å². The van der Waals surface area contributed by atoms with Crippen LogP contribution in [0.4, 0.5) is 9.57 Å². The van der Waals surface area contributed by atoms with Crippen molar-refractivity contribution in [3.8, 4) is 0 Å². The van der Waals surface area contributed by atoms with Gasteiger partial charge in [-0.3, -0.25) is 4.79 Å². The zero-order chi connectivity index (χ0) is 15.1. The molecule has 0 radical (unpaired) electrons. The highest BCUT2D eigenvalue weighted by atomic mass is 32.3. The Hall–Kier alpha value is -1.48. The number of amides is 1. The molecule has 0 saturated carbocycles. The largest absolute Gasteiger partial charge is 0.465 e. The minimum atomic E-state index is -4.79. The van der Waals surface area contributed by atoms with E-state index in [1.54, 1.807) is 12.3 Å². The molecule has 1 aromatic rings. The van der Waals surface area contributed by atoms with Gasteiger partial charge in [0.25, 0.3) is 0 Å². The summed E-state index contributed by atoms with van der Waals surface area (Å²) in [6, 6.07) is 0. The molecule has 110 valence electrons. The average molecular weight is 321 g/mol. The average Bonchev–Trinajstić information content (AvgIpc) is 2.91. The number of carbonyl (C=O) groups excluding carboxylic acids is 2. The smallest absolute Gasteiger partial charge is 0.350 e. The molecule has 1 aromatic heterocycles. The van der Waals surface area contributed by atoms with E-state index in [9.17, 15) is 21.9 Å². The molecule has 1 atom stereocenters. The Kier molecular flexibility index (Phi) is 3.83. The molecule has 1 saturated heterocycles. The molecule has 0 N–H and O–H groups in total. The second-order valence-electron chi connectivity index (χ2n) is 4.39. The minimum absolute atomic E-state index is 0.204. The van der Waals surface area contributed by atoms with Crippen LogP contribution >= 0.6 is 11.3 Å². The van der Waals surface area contributed by atoms with Gasteiger partial charge in [-0.2, -0.15) is 8.42 Å². The van der Waals surface area contributed by atoms with Gasteiger partial charge in [0.15, 0.2) is 0 Å². The maximum atomic E-state index is 13.0. The van der Waals surface area contributed by atoms with Gasteiger partial charge >= 0.3 is 16.2 Å². The first kappa shape index (κ1) is 14.9. The highest BCUT2D eigenvalue weighted by Gasteiger charge is 2.41. The third kappa shape index (κ3) is 2.55. The molecule has 9 heteroatoms. The quantitative estimate of drug-likeness (QED) is 0.618. The first-order chi connectivity index (χ1) is 9.25. The molecule has 6 nitrogen and oxygen atoms in total. The third-order valence-corrected chi connectivity index (χ3v) is 5.25. The Morgan fingerprint density at radius 1 is 1.55 bits per heavy atom. The fraction of sp³-hybridized carbons (Fsp3) is 0.455. The molecule has 0 aromatic carbocycles. The fourth-order valence-electron chi connectivity index (χ4n) is 2.09. The number of thiophene rings is 1. The highest BCUT2D eigenvalue weighted by molar-refractivity contribution is 7.87. The summed E-state index contributed by atoms with van der Waals surface area (Å²) in [4.78, 5) is 24.9. The zero-order valence-corrected chi connectivity index (χ0v) is 12.4. The Balaban J connectivity index is 2.40. The van der Waals surface area contributed by atoms with Crippen LogP contribution in [-0.2, 0) is 19.8 Å². The number of rotatable bonds is 3. The SMILES string of the molecule is COC(=O)c1scc(C)c1N1CC(S(=O)(=O)F)CC1=O. The third-order valence-electron chi connectivity index (χ3n) is 3.07. The second kappa shape index (κ2) is 5.13. The van der Waals surface area contributed by atoms with Crippen molar-refractivity contribution in [2.24, 2.45) is 0 Å². The first-order valence-electron chi connectivity index (χ1n) is 5.66. The minimum Gasteiger partial charge on any atom is -0.465 e. The zero-order valence-electron chi connectivity index (χ0n) is 10.8. The normalized spacial score (nSPS) is 19.4. The van der Waals surface area contributed by atoms with Gasteiger partial charge in [-0.15, -0.1) is 15.2 Å². The van der Waals surface area contributed by atoms with Gasteiger partial charge in [0.1, 0.15) is 10.1 Å². The van der Waals surface area contributed by atoms with E-state index in [4.69, 9.17) is 0 Å². The molecule has 1 amide bonds. The summed E-state index contributed by atoms with van der Waals surface area (Å²) in [5, 5.41) is 0.270. The van der Waals surface area contributed by atoms with Gasteiger partial charge in [-0.05, 0) is 17.9 Å². The fourth-order valence-corrected chi connectivity index (χ4v) is 3.73. The van der Waals surface area contributed by atoms with Crippen molar-refractivity contribution < 1.29 is 26.6 Å². The van der Waals surface area contributed by atoms with Crippen LogP contribution in [0.1, 0.15) is 21.7 Å². The van der Waals surface area contributed by atoms with Crippen LogP contribution in [0.25, 0.3) is 0 Å². The van der Waals surface area contributed by atoms with Crippen molar-refractivity contribution in [1.29, 1.82) is 0 Å². The standard InChI is InChI=1S/C11H12FNO5S2/c1-6-5-19-10(11(15)18-2)9(6)13-4-7(3-8(13)14)20(12,16)17/h5,7H,3-4H2,1-2H3. The monoisotopic (exact) mass is 321 g/mol. The molecular weight excluding hydrogens is 309 g/mol.